The van der Waals surface area contributed by atoms with Crippen molar-refractivity contribution < 1.29 is 0 Å². The molecule has 0 saturated carbocycles. The van der Waals surface area contributed by atoms with E-state index in [9.17, 15) is 0 Å². The van der Waals surface area contributed by atoms with Crippen LogP contribution in [0, 0.1) is 5.92 Å². The monoisotopic (exact) mass is 287 g/mol. The summed E-state index contributed by atoms with van der Waals surface area (Å²) in [5, 5.41) is 20.4. The molecule has 0 fully saturated rings. The number of nitrogens with zero attached hydrogens (tertiary/aromatic N) is 4. The van der Waals surface area contributed by atoms with Gasteiger partial charge < -0.3 is 5.32 Å². The van der Waals surface area contributed by atoms with Gasteiger partial charge in [0.2, 0.25) is 0 Å². The lowest BCUT2D eigenvalue weighted by Crippen LogP contribution is -2.08. The third kappa shape index (κ3) is 2.65. The molecular weight excluding hydrogens is 270 g/mol. The Morgan fingerprint density at radius 2 is 2.15 bits per heavy atom. The highest BCUT2D eigenvalue weighted by Gasteiger charge is 2.10. The van der Waals surface area contributed by atoms with Gasteiger partial charge in [-0.05, 0) is 35.9 Å². The smallest absolute Gasteiger partial charge is 0.186 e. The van der Waals surface area contributed by atoms with Crippen LogP contribution in [0.3, 0.4) is 0 Å². The van der Waals surface area contributed by atoms with E-state index < -0.39 is 0 Å². The first-order valence-electron chi connectivity index (χ1n) is 6.73. The summed E-state index contributed by atoms with van der Waals surface area (Å²) in [5.74, 6) is 2.32. The number of thiophene rings is 1. The van der Waals surface area contributed by atoms with Crippen LogP contribution in [-0.4, -0.2) is 26.4 Å². The Morgan fingerprint density at radius 1 is 1.25 bits per heavy atom. The quantitative estimate of drug-likeness (QED) is 0.782. The van der Waals surface area contributed by atoms with E-state index in [2.05, 4.69) is 39.8 Å². The molecule has 3 aromatic rings. The average Bonchev–Trinajstić information content (AvgIpc) is 3.06. The summed E-state index contributed by atoms with van der Waals surface area (Å²) in [6.45, 7) is 5.35. The largest absolute Gasteiger partial charge is 0.369 e. The first kappa shape index (κ1) is 13.1. The zero-order valence-electron chi connectivity index (χ0n) is 11.6. The van der Waals surface area contributed by atoms with Crippen molar-refractivity contribution in [2.75, 3.05) is 11.9 Å². The first-order valence-corrected chi connectivity index (χ1v) is 7.67. The summed E-state index contributed by atoms with van der Waals surface area (Å²) in [7, 11) is 0. The highest BCUT2D eigenvalue weighted by molar-refractivity contribution is 7.08. The zero-order chi connectivity index (χ0) is 13.9. The van der Waals surface area contributed by atoms with Crippen molar-refractivity contribution in [1.29, 1.82) is 0 Å². The molecule has 0 aliphatic rings. The fourth-order valence-corrected chi connectivity index (χ4v) is 2.58. The summed E-state index contributed by atoms with van der Waals surface area (Å²) in [5.41, 5.74) is 1.81. The second kappa shape index (κ2) is 5.58. The number of fused-ring (bicyclic) bond motifs is 1. The average molecular weight is 287 g/mol. The number of anilines is 1. The lowest BCUT2D eigenvalue weighted by Gasteiger charge is -2.07. The van der Waals surface area contributed by atoms with E-state index in [-0.39, 0.29) is 0 Å². The second-order valence-corrected chi connectivity index (χ2v) is 5.91. The van der Waals surface area contributed by atoms with Gasteiger partial charge in [0, 0.05) is 17.5 Å². The summed E-state index contributed by atoms with van der Waals surface area (Å²) < 4.78 is 1.79. The Kier molecular flexibility index (Phi) is 3.64. The van der Waals surface area contributed by atoms with Gasteiger partial charge in [0.15, 0.2) is 11.5 Å². The second-order valence-electron chi connectivity index (χ2n) is 5.13. The maximum absolute atomic E-state index is 4.57. The maximum atomic E-state index is 4.57. The molecule has 20 heavy (non-hydrogen) atoms. The van der Waals surface area contributed by atoms with Gasteiger partial charge in [0.1, 0.15) is 5.82 Å². The van der Waals surface area contributed by atoms with Crippen molar-refractivity contribution in [3.63, 3.8) is 0 Å². The van der Waals surface area contributed by atoms with Crippen molar-refractivity contribution in [1.82, 2.24) is 19.8 Å². The fraction of sp³-hybridized carbons (Fsp3) is 0.357. The molecule has 6 heteroatoms. The molecule has 104 valence electrons. The topological polar surface area (TPSA) is 55.1 Å². The first-order chi connectivity index (χ1) is 9.74. The van der Waals surface area contributed by atoms with Gasteiger partial charge in [-0.15, -0.1) is 15.3 Å². The zero-order valence-corrected chi connectivity index (χ0v) is 12.4. The highest BCUT2D eigenvalue weighted by atomic mass is 32.1. The third-order valence-corrected chi connectivity index (χ3v) is 3.75. The van der Waals surface area contributed by atoms with E-state index in [0.717, 1.165) is 35.8 Å². The SMILES string of the molecule is CC(C)CCNc1ccc2nnc(-c3ccsc3)n2n1. The molecule has 0 aromatic carbocycles. The number of nitrogens with one attached hydrogen (secondary N) is 1. The summed E-state index contributed by atoms with van der Waals surface area (Å²) >= 11 is 1.64. The molecule has 0 aliphatic heterocycles. The van der Waals surface area contributed by atoms with Gasteiger partial charge in [-0.25, -0.2) is 0 Å². The van der Waals surface area contributed by atoms with Crippen molar-refractivity contribution in [2.24, 2.45) is 5.92 Å². The van der Waals surface area contributed by atoms with Crippen molar-refractivity contribution in [3.05, 3.63) is 29.0 Å². The van der Waals surface area contributed by atoms with Crippen LogP contribution in [-0.2, 0) is 0 Å². The van der Waals surface area contributed by atoms with Gasteiger partial charge in [0.25, 0.3) is 0 Å². The van der Waals surface area contributed by atoms with Crippen molar-refractivity contribution in [3.8, 4) is 11.4 Å². The Balaban J connectivity index is 1.87. The standard InChI is InChI=1S/C14H17N5S/c1-10(2)5-7-15-12-3-4-13-16-17-14(19(13)18-12)11-6-8-20-9-11/h3-4,6,8-10H,5,7H2,1-2H3,(H,15,18). The highest BCUT2D eigenvalue weighted by Crippen LogP contribution is 2.20. The van der Waals surface area contributed by atoms with Crippen LogP contribution in [0.1, 0.15) is 20.3 Å². The minimum Gasteiger partial charge on any atom is -0.369 e. The van der Waals surface area contributed by atoms with Crippen LogP contribution >= 0.6 is 11.3 Å². The van der Waals surface area contributed by atoms with Crippen LogP contribution in [0.15, 0.2) is 29.0 Å². The molecular formula is C14H17N5S. The molecule has 0 unspecified atom stereocenters. The molecule has 5 nitrogen and oxygen atoms in total. The Labute approximate surface area is 121 Å². The molecule has 0 bridgehead atoms. The van der Waals surface area contributed by atoms with E-state index in [0.29, 0.717) is 5.92 Å². The minimum atomic E-state index is 0.683. The summed E-state index contributed by atoms with van der Waals surface area (Å²) in [4.78, 5) is 0. The number of rotatable bonds is 5. The molecule has 0 radical (unpaired) electrons. The van der Waals surface area contributed by atoms with E-state index >= 15 is 0 Å². The van der Waals surface area contributed by atoms with Crippen molar-refractivity contribution in [2.45, 2.75) is 20.3 Å². The molecule has 0 aliphatic carbocycles. The lowest BCUT2D eigenvalue weighted by atomic mass is 10.1. The predicted molar refractivity (Wildman–Crippen MR) is 82.0 cm³/mol. The normalized spacial score (nSPS) is 11.3. The Hall–Kier alpha value is -1.95. The van der Waals surface area contributed by atoms with E-state index in [1.54, 1.807) is 15.9 Å². The van der Waals surface area contributed by atoms with E-state index in [4.69, 9.17) is 0 Å². The molecule has 0 spiro atoms. The maximum Gasteiger partial charge on any atom is 0.186 e. The minimum absolute atomic E-state index is 0.683. The molecule has 1 N–H and O–H groups in total. The van der Waals surface area contributed by atoms with Gasteiger partial charge in [-0.1, -0.05) is 13.8 Å². The number of hydrogen-bond donors (Lipinski definition) is 1. The Morgan fingerprint density at radius 3 is 2.90 bits per heavy atom. The van der Waals surface area contributed by atoms with Crippen LogP contribution in [0.5, 0.6) is 0 Å². The summed E-state index contributed by atoms with van der Waals surface area (Å²) in [6, 6.07) is 5.91. The number of aromatic nitrogens is 4. The summed E-state index contributed by atoms with van der Waals surface area (Å²) in [6.07, 6.45) is 1.12. The molecule has 0 atom stereocenters. The molecule has 3 heterocycles. The van der Waals surface area contributed by atoms with Gasteiger partial charge in [-0.2, -0.15) is 15.9 Å². The van der Waals surface area contributed by atoms with Crippen LogP contribution in [0.2, 0.25) is 0 Å². The fourth-order valence-electron chi connectivity index (χ4n) is 1.94. The van der Waals surface area contributed by atoms with Crippen molar-refractivity contribution >= 4 is 22.8 Å². The van der Waals surface area contributed by atoms with Gasteiger partial charge >= 0.3 is 0 Å². The number of hydrogen-bond acceptors (Lipinski definition) is 5. The van der Waals surface area contributed by atoms with Gasteiger partial charge in [-0.3, -0.25) is 0 Å². The molecule has 0 saturated heterocycles. The third-order valence-electron chi connectivity index (χ3n) is 3.07. The van der Waals surface area contributed by atoms with Crippen LogP contribution in [0.4, 0.5) is 5.82 Å². The Bertz CT molecular complexity index is 687. The molecule has 0 amide bonds. The van der Waals surface area contributed by atoms with Crippen LogP contribution in [0.25, 0.3) is 17.0 Å². The predicted octanol–water partition coefficient (Wildman–Crippen LogP) is 3.31. The van der Waals surface area contributed by atoms with Crippen LogP contribution < -0.4 is 5.32 Å². The molecule has 3 aromatic heterocycles. The van der Waals surface area contributed by atoms with Gasteiger partial charge in [0.05, 0.1) is 0 Å². The van der Waals surface area contributed by atoms with E-state index in [1.165, 1.54) is 0 Å². The lowest BCUT2D eigenvalue weighted by molar-refractivity contribution is 0.606. The van der Waals surface area contributed by atoms with E-state index in [1.807, 2.05) is 23.6 Å². The molecule has 3 rings (SSSR count).